The highest BCUT2D eigenvalue weighted by Crippen LogP contribution is 2.43. The quantitative estimate of drug-likeness (QED) is 0.0290. The topological polar surface area (TPSA) is 172 Å². The molecule has 0 fully saturated rings. The van der Waals surface area contributed by atoms with Gasteiger partial charge in [-0.05, 0) is 44.9 Å². The third kappa shape index (κ3) is 29.1. The van der Waals surface area contributed by atoms with Crippen molar-refractivity contribution in [2.75, 3.05) is 19.8 Å². The van der Waals surface area contributed by atoms with Gasteiger partial charge in [-0.25, -0.2) is 4.57 Å². The average Bonchev–Trinajstić information content (AvgIpc) is 3.00. The van der Waals surface area contributed by atoms with Crippen LogP contribution in [-0.4, -0.2) is 59.9 Å². The summed E-state index contributed by atoms with van der Waals surface area (Å²) in [5, 5.41) is 8.80. The van der Waals surface area contributed by atoms with Crippen LogP contribution >= 0.6 is 7.82 Å². The van der Waals surface area contributed by atoms with E-state index in [4.69, 9.17) is 24.8 Å². The molecule has 0 bridgehead atoms. The normalized spacial score (nSPS) is 14.4. The molecule has 3 atom stereocenters. The van der Waals surface area contributed by atoms with E-state index in [-0.39, 0.29) is 19.4 Å². The van der Waals surface area contributed by atoms with Gasteiger partial charge in [0.15, 0.2) is 6.10 Å². The third-order valence-corrected chi connectivity index (χ3v) is 7.90. The largest absolute Gasteiger partial charge is 0.480 e. The number of unbranched alkanes of at least 4 members (excludes halogenated alkanes) is 13. The summed E-state index contributed by atoms with van der Waals surface area (Å²) in [5.74, 6) is -2.42. The van der Waals surface area contributed by atoms with Crippen molar-refractivity contribution in [3.05, 3.63) is 24.3 Å². The summed E-state index contributed by atoms with van der Waals surface area (Å²) in [6, 6.07) is -1.52. The summed E-state index contributed by atoms with van der Waals surface area (Å²) >= 11 is 0. The number of carboxylic acid groups (broad SMARTS) is 1. The summed E-state index contributed by atoms with van der Waals surface area (Å²) in [5.41, 5.74) is 5.28. The van der Waals surface area contributed by atoms with Crippen LogP contribution in [0.4, 0.5) is 0 Å². The first-order valence-corrected chi connectivity index (χ1v) is 18.4. The minimum Gasteiger partial charge on any atom is -0.480 e. The van der Waals surface area contributed by atoms with Crippen LogP contribution in [0.1, 0.15) is 136 Å². The number of carbonyl (C=O) groups is 3. The molecule has 0 saturated carbocycles. The van der Waals surface area contributed by atoms with E-state index in [0.29, 0.717) is 12.8 Å². The molecule has 0 aromatic heterocycles. The number of phosphoric acid groups is 1. The molecule has 11 nitrogen and oxygen atoms in total. The van der Waals surface area contributed by atoms with Gasteiger partial charge in [-0.3, -0.25) is 23.4 Å². The lowest BCUT2D eigenvalue weighted by Gasteiger charge is -2.20. The monoisotopic (exact) mass is 661 g/mol. The third-order valence-electron chi connectivity index (χ3n) is 6.95. The number of hydrogen-bond acceptors (Lipinski definition) is 9. The van der Waals surface area contributed by atoms with Gasteiger partial charge in [-0.2, -0.15) is 0 Å². The lowest BCUT2D eigenvalue weighted by Crippen LogP contribution is -2.34. The fourth-order valence-corrected chi connectivity index (χ4v) is 4.99. The van der Waals surface area contributed by atoms with Gasteiger partial charge in [0.05, 0.1) is 13.2 Å². The molecule has 45 heavy (non-hydrogen) atoms. The van der Waals surface area contributed by atoms with Crippen molar-refractivity contribution >= 4 is 25.7 Å². The maximum atomic E-state index is 12.5. The van der Waals surface area contributed by atoms with Crippen LogP contribution in [0.25, 0.3) is 0 Å². The lowest BCUT2D eigenvalue weighted by molar-refractivity contribution is -0.161. The predicted molar refractivity (Wildman–Crippen MR) is 176 cm³/mol. The second-order valence-corrected chi connectivity index (χ2v) is 12.8. The number of hydrogen-bond donors (Lipinski definition) is 3. The summed E-state index contributed by atoms with van der Waals surface area (Å²) in [7, 11) is -4.70. The maximum absolute atomic E-state index is 12.5. The van der Waals surface area contributed by atoms with Gasteiger partial charge >= 0.3 is 25.7 Å². The molecule has 0 aromatic rings. The summed E-state index contributed by atoms with van der Waals surface area (Å²) < 4.78 is 32.2. The number of phosphoric ester groups is 1. The molecule has 0 saturated heterocycles. The molecule has 0 amide bonds. The Kier molecular flexibility index (Phi) is 28.0. The summed E-state index contributed by atoms with van der Waals surface area (Å²) in [6.07, 6.45) is 25.9. The zero-order valence-electron chi connectivity index (χ0n) is 27.7. The highest BCUT2D eigenvalue weighted by Gasteiger charge is 2.28. The zero-order valence-corrected chi connectivity index (χ0v) is 28.6. The summed E-state index contributed by atoms with van der Waals surface area (Å²) in [6.45, 7) is 2.63. The molecule has 0 rings (SSSR count). The van der Waals surface area contributed by atoms with E-state index >= 15 is 0 Å². The van der Waals surface area contributed by atoms with Crippen molar-refractivity contribution in [1.29, 1.82) is 0 Å². The molecule has 0 aliphatic heterocycles. The van der Waals surface area contributed by atoms with Crippen molar-refractivity contribution in [2.45, 2.75) is 148 Å². The molecule has 0 aromatic carbocycles. The van der Waals surface area contributed by atoms with Gasteiger partial charge in [0.2, 0.25) is 0 Å². The number of esters is 2. The number of nitrogens with two attached hydrogens (primary N) is 1. The Morgan fingerprint density at radius 2 is 1.18 bits per heavy atom. The standard InChI is InChI=1S/C33H60NO10P/c1-3-5-7-9-10-11-12-13-14-15-16-17-18-19-21-23-25-32(36)44-29(26-41-31(35)24-22-20-8-6-4-2)27-42-45(39,40)43-28-30(34)33(37)38/h11-12,14-15,29-30H,3-10,13,16-28,34H2,1-2H3,(H,37,38)(H,39,40)/b12-11-,15-14-. The summed E-state index contributed by atoms with van der Waals surface area (Å²) in [4.78, 5) is 45.3. The smallest absolute Gasteiger partial charge is 0.472 e. The highest BCUT2D eigenvalue weighted by molar-refractivity contribution is 7.47. The molecule has 0 aliphatic rings. The molecule has 0 heterocycles. The molecule has 3 unspecified atom stereocenters. The number of allylic oxidation sites excluding steroid dienone is 4. The van der Waals surface area contributed by atoms with Crippen LogP contribution in [0.15, 0.2) is 24.3 Å². The van der Waals surface area contributed by atoms with Crippen LogP contribution in [-0.2, 0) is 37.5 Å². The van der Waals surface area contributed by atoms with Gasteiger partial charge in [0.25, 0.3) is 0 Å². The van der Waals surface area contributed by atoms with Crippen molar-refractivity contribution in [3.8, 4) is 0 Å². The fraction of sp³-hybridized carbons (Fsp3) is 0.788. The van der Waals surface area contributed by atoms with E-state index in [0.717, 1.165) is 70.6 Å². The van der Waals surface area contributed by atoms with Crippen LogP contribution in [0.3, 0.4) is 0 Å². The van der Waals surface area contributed by atoms with Crippen LogP contribution in [0.2, 0.25) is 0 Å². The number of rotatable bonds is 31. The predicted octanol–water partition coefficient (Wildman–Crippen LogP) is 7.55. The van der Waals surface area contributed by atoms with Gasteiger partial charge in [0, 0.05) is 12.8 Å². The van der Waals surface area contributed by atoms with Gasteiger partial charge in [0.1, 0.15) is 12.6 Å². The second kappa shape index (κ2) is 29.4. The van der Waals surface area contributed by atoms with Crippen molar-refractivity contribution in [2.24, 2.45) is 5.73 Å². The Labute approximate surface area is 270 Å². The Morgan fingerprint density at radius 3 is 1.76 bits per heavy atom. The van der Waals surface area contributed by atoms with E-state index in [1.165, 1.54) is 25.7 Å². The SMILES string of the molecule is CCCCCC/C=C\C/C=C\CCCCCCCC(=O)OC(COC(=O)CCCCCCC)COP(=O)(O)OCC(N)C(=O)O. The molecule has 4 N–H and O–H groups in total. The van der Waals surface area contributed by atoms with Crippen LogP contribution < -0.4 is 5.73 Å². The average molecular weight is 662 g/mol. The Bertz CT molecular complexity index is 880. The minimum atomic E-state index is -4.70. The van der Waals surface area contributed by atoms with Crippen molar-refractivity contribution < 1.29 is 47.5 Å². The Morgan fingerprint density at radius 1 is 0.689 bits per heavy atom. The van der Waals surface area contributed by atoms with Crippen molar-refractivity contribution in [3.63, 3.8) is 0 Å². The van der Waals surface area contributed by atoms with E-state index < -0.39 is 51.1 Å². The minimum absolute atomic E-state index is 0.146. The molecule has 262 valence electrons. The second-order valence-electron chi connectivity index (χ2n) is 11.3. The van der Waals surface area contributed by atoms with E-state index in [2.05, 4.69) is 42.7 Å². The number of carboxylic acids is 1. The maximum Gasteiger partial charge on any atom is 0.472 e. The first kappa shape index (κ1) is 43.0. The number of ether oxygens (including phenoxy) is 2. The lowest BCUT2D eigenvalue weighted by atomic mass is 10.1. The van der Waals surface area contributed by atoms with Crippen LogP contribution in [0, 0.1) is 0 Å². The zero-order chi connectivity index (χ0) is 33.6. The first-order chi connectivity index (χ1) is 21.6. The molecular weight excluding hydrogens is 601 g/mol. The number of aliphatic carboxylic acids is 1. The van der Waals surface area contributed by atoms with Gasteiger partial charge < -0.3 is 25.2 Å². The van der Waals surface area contributed by atoms with E-state index in [1.54, 1.807) is 0 Å². The van der Waals surface area contributed by atoms with Gasteiger partial charge in [-0.15, -0.1) is 0 Å². The molecule has 0 spiro atoms. The van der Waals surface area contributed by atoms with Gasteiger partial charge in [-0.1, -0.05) is 102 Å². The molecule has 0 radical (unpaired) electrons. The Balaban J connectivity index is 4.42. The van der Waals surface area contributed by atoms with Crippen molar-refractivity contribution in [1.82, 2.24) is 0 Å². The number of carbonyl (C=O) groups excluding carboxylic acids is 2. The van der Waals surface area contributed by atoms with Crippen LogP contribution in [0.5, 0.6) is 0 Å². The fourth-order valence-electron chi connectivity index (χ4n) is 4.21. The first-order valence-electron chi connectivity index (χ1n) is 16.9. The van der Waals surface area contributed by atoms with E-state index in [9.17, 15) is 23.8 Å². The molecule has 0 aliphatic carbocycles. The molecular formula is C33H60NO10P. The van der Waals surface area contributed by atoms with E-state index in [1.807, 2.05) is 0 Å². The Hall–Kier alpha value is -2.04. The highest BCUT2D eigenvalue weighted by atomic mass is 31.2. The molecule has 12 heteroatoms.